The van der Waals surface area contributed by atoms with Gasteiger partial charge in [-0.25, -0.2) is 4.68 Å². The lowest BCUT2D eigenvalue weighted by Gasteiger charge is -1.95. The van der Waals surface area contributed by atoms with Gasteiger partial charge in [-0.2, -0.15) is 0 Å². The zero-order valence-corrected chi connectivity index (χ0v) is 12.1. The van der Waals surface area contributed by atoms with Gasteiger partial charge < -0.3 is 4.52 Å². The number of thioether (sulfide) groups is 1. The topological polar surface area (TPSA) is 69.6 Å². The molecule has 0 saturated carbocycles. The molecule has 0 radical (unpaired) electrons. The quantitative estimate of drug-likeness (QED) is 0.690. The van der Waals surface area contributed by atoms with E-state index < -0.39 is 0 Å². The molecule has 0 spiro atoms. The van der Waals surface area contributed by atoms with Crippen molar-refractivity contribution in [1.82, 2.24) is 25.4 Å². The Balaban J connectivity index is 1.71. The van der Waals surface area contributed by atoms with Crippen molar-refractivity contribution < 1.29 is 4.52 Å². The van der Waals surface area contributed by atoms with E-state index in [1.165, 1.54) is 11.8 Å². The number of halogens is 1. The van der Waals surface area contributed by atoms with E-state index in [2.05, 4.69) is 20.7 Å². The fourth-order valence-electron chi connectivity index (χ4n) is 1.62. The maximum atomic E-state index is 5.86. The molecule has 8 heteroatoms. The molecule has 3 rings (SSSR count). The Bertz CT molecular complexity index is 709. The van der Waals surface area contributed by atoms with Crippen LogP contribution in [0.4, 0.5) is 0 Å². The Morgan fingerprint density at radius 1 is 1.30 bits per heavy atom. The highest BCUT2D eigenvalue weighted by molar-refractivity contribution is 7.98. The van der Waals surface area contributed by atoms with Crippen LogP contribution in [0.2, 0.25) is 5.02 Å². The van der Waals surface area contributed by atoms with Gasteiger partial charge in [-0.05, 0) is 22.6 Å². The summed E-state index contributed by atoms with van der Waals surface area (Å²) in [5.41, 5.74) is 1.75. The molecule has 0 fully saturated rings. The highest BCUT2D eigenvalue weighted by atomic mass is 35.5. The van der Waals surface area contributed by atoms with Crippen molar-refractivity contribution in [2.24, 2.45) is 7.05 Å². The van der Waals surface area contributed by atoms with Crippen LogP contribution in [0.5, 0.6) is 0 Å². The summed E-state index contributed by atoms with van der Waals surface area (Å²) in [5, 5.41) is 16.7. The van der Waals surface area contributed by atoms with Gasteiger partial charge in [0.1, 0.15) is 11.5 Å². The number of aryl methyl sites for hydroxylation is 1. The molecule has 0 amide bonds. The minimum absolute atomic E-state index is 0.620. The summed E-state index contributed by atoms with van der Waals surface area (Å²) in [6.45, 7) is 0. The highest BCUT2D eigenvalue weighted by Gasteiger charge is 2.09. The van der Waals surface area contributed by atoms with E-state index in [1.807, 2.05) is 30.3 Å². The van der Waals surface area contributed by atoms with Gasteiger partial charge in [-0.1, -0.05) is 40.7 Å². The lowest BCUT2D eigenvalue weighted by atomic mass is 10.1. The van der Waals surface area contributed by atoms with Crippen molar-refractivity contribution in [2.75, 3.05) is 0 Å². The van der Waals surface area contributed by atoms with Gasteiger partial charge in [0.2, 0.25) is 5.16 Å². The molecule has 0 N–H and O–H groups in total. The second-order valence-corrected chi connectivity index (χ2v) is 5.44. The molecule has 2 heterocycles. The predicted molar refractivity (Wildman–Crippen MR) is 75.3 cm³/mol. The van der Waals surface area contributed by atoms with Crippen molar-refractivity contribution in [3.63, 3.8) is 0 Å². The molecule has 3 aromatic rings. The highest BCUT2D eigenvalue weighted by Crippen LogP contribution is 2.24. The normalized spacial score (nSPS) is 10.9. The van der Waals surface area contributed by atoms with E-state index in [0.29, 0.717) is 10.8 Å². The van der Waals surface area contributed by atoms with E-state index >= 15 is 0 Å². The molecule has 20 heavy (non-hydrogen) atoms. The number of hydrogen-bond donors (Lipinski definition) is 0. The summed E-state index contributed by atoms with van der Waals surface area (Å²) in [5.74, 6) is 1.39. The Morgan fingerprint density at radius 2 is 2.10 bits per heavy atom. The molecule has 1 aromatic carbocycles. The zero-order chi connectivity index (χ0) is 13.9. The van der Waals surface area contributed by atoms with Crippen LogP contribution in [0.15, 0.2) is 40.0 Å². The summed E-state index contributed by atoms with van der Waals surface area (Å²) in [7, 11) is 1.79. The lowest BCUT2D eigenvalue weighted by molar-refractivity contribution is 0.397. The Hall–Kier alpha value is -1.86. The van der Waals surface area contributed by atoms with Crippen molar-refractivity contribution in [3.8, 4) is 11.3 Å². The van der Waals surface area contributed by atoms with Crippen molar-refractivity contribution in [2.45, 2.75) is 10.9 Å². The first-order valence-corrected chi connectivity index (χ1v) is 7.15. The first-order chi connectivity index (χ1) is 9.72. The van der Waals surface area contributed by atoms with Gasteiger partial charge in [0.25, 0.3) is 0 Å². The smallest absolute Gasteiger partial charge is 0.209 e. The summed E-state index contributed by atoms with van der Waals surface area (Å²) >= 11 is 7.35. The summed E-state index contributed by atoms with van der Waals surface area (Å²) in [6.07, 6.45) is 0. The molecule has 2 aromatic heterocycles. The summed E-state index contributed by atoms with van der Waals surface area (Å²) in [6, 6.07) is 9.36. The number of aromatic nitrogens is 5. The van der Waals surface area contributed by atoms with Crippen LogP contribution < -0.4 is 0 Å². The second kappa shape index (κ2) is 5.64. The van der Waals surface area contributed by atoms with Crippen LogP contribution in [0.25, 0.3) is 11.3 Å². The largest absolute Gasteiger partial charge is 0.360 e. The van der Waals surface area contributed by atoms with Gasteiger partial charge in [-0.3, -0.25) is 0 Å². The first-order valence-electron chi connectivity index (χ1n) is 5.79. The summed E-state index contributed by atoms with van der Waals surface area (Å²) < 4.78 is 6.92. The third-order valence-corrected chi connectivity index (χ3v) is 3.91. The molecule has 0 aliphatic heterocycles. The minimum Gasteiger partial charge on any atom is -0.360 e. The SMILES string of the molecule is Cn1nnnc1SCc1cc(-c2ccc(Cl)cc2)no1. The van der Waals surface area contributed by atoms with Gasteiger partial charge in [-0.15, -0.1) is 5.10 Å². The van der Waals surface area contributed by atoms with Crippen LogP contribution in [-0.2, 0) is 12.8 Å². The lowest BCUT2D eigenvalue weighted by Crippen LogP contribution is -1.92. The Kier molecular flexibility index (Phi) is 3.70. The molecular formula is C12H10ClN5OS. The van der Waals surface area contributed by atoms with Crippen molar-refractivity contribution >= 4 is 23.4 Å². The number of nitrogens with zero attached hydrogens (tertiary/aromatic N) is 5. The molecule has 0 bridgehead atoms. The van der Waals surface area contributed by atoms with Crippen LogP contribution in [0.3, 0.4) is 0 Å². The molecule has 0 atom stereocenters. The maximum absolute atomic E-state index is 5.86. The third kappa shape index (κ3) is 2.83. The standard InChI is InChI=1S/C12H10ClN5OS/c1-18-12(14-16-17-18)20-7-10-6-11(15-19-10)8-2-4-9(13)5-3-8/h2-6H,7H2,1H3. The zero-order valence-electron chi connectivity index (χ0n) is 10.5. The van der Waals surface area contributed by atoms with E-state index in [4.69, 9.17) is 16.1 Å². The molecule has 0 aliphatic rings. The van der Waals surface area contributed by atoms with Gasteiger partial charge in [0.05, 0.1) is 5.75 Å². The fourth-order valence-corrected chi connectivity index (χ4v) is 2.47. The van der Waals surface area contributed by atoms with Gasteiger partial charge >= 0.3 is 0 Å². The summed E-state index contributed by atoms with van der Waals surface area (Å²) in [4.78, 5) is 0. The van der Waals surface area contributed by atoms with Gasteiger partial charge in [0.15, 0.2) is 0 Å². The van der Waals surface area contributed by atoms with E-state index in [-0.39, 0.29) is 0 Å². The second-order valence-electron chi connectivity index (χ2n) is 4.06. The van der Waals surface area contributed by atoms with Crippen LogP contribution in [0.1, 0.15) is 5.76 Å². The first kappa shape index (κ1) is 13.1. The van der Waals surface area contributed by atoms with Crippen LogP contribution in [-0.4, -0.2) is 25.4 Å². The number of hydrogen-bond acceptors (Lipinski definition) is 6. The van der Waals surface area contributed by atoms with Crippen molar-refractivity contribution in [3.05, 3.63) is 41.1 Å². The third-order valence-electron chi connectivity index (χ3n) is 2.62. The monoisotopic (exact) mass is 307 g/mol. The number of benzene rings is 1. The number of tetrazole rings is 1. The predicted octanol–water partition coefficient (Wildman–Crippen LogP) is 2.81. The van der Waals surface area contributed by atoms with Gasteiger partial charge in [0, 0.05) is 23.7 Å². The molecule has 0 unspecified atom stereocenters. The molecule has 0 aliphatic carbocycles. The van der Waals surface area contributed by atoms with E-state index in [0.717, 1.165) is 22.2 Å². The molecule has 6 nitrogen and oxygen atoms in total. The van der Waals surface area contributed by atoms with Crippen LogP contribution in [0, 0.1) is 0 Å². The van der Waals surface area contributed by atoms with Crippen molar-refractivity contribution in [1.29, 1.82) is 0 Å². The molecular weight excluding hydrogens is 298 g/mol. The van der Waals surface area contributed by atoms with E-state index in [9.17, 15) is 0 Å². The minimum atomic E-state index is 0.620. The maximum Gasteiger partial charge on any atom is 0.209 e. The Morgan fingerprint density at radius 3 is 2.80 bits per heavy atom. The van der Waals surface area contributed by atoms with E-state index in [1.54, 1.807) is 11.7 Å². The number of rotatable bonds is 4. The average Bonchev–Trinajstić information content (AvgIpc) is 3.06. The fraction of sp³-hybridized carbons (Fsp3) is 0.167. The Labute approximate surface area is 124 Å². The molecule has 102 valence electrons. The van der Waals surface area contributed by atoms with Crippen LogP contribution >= 0.6 is 23.4 Å². The average molecular weight is 308 g/mol. The molecule has 0 saturated heterocycles.